The summed E-state index contributed by atoms with van der Waals surface area (Å²) in [6.45, 7) is 2.57. The van der Waals surface area contributed by atoms with Gasteiger partial charge in [-0.2, -0.15) is 0 Å². The molecule has 0 radical (unpaired) electrons. The third kappa shape index (κ3) is 5.15. The molecule has 0 N–H and O–H groups in total. The van der Waals surface area contributed by atoms with E-state index in [1.54, 1.807) is 43.5 Å². The summed E-state index contributed by atoms with van der Waals surface area (Å²) in [5.74, 6) is 4.22. The fourth-order valence-electron chi connectivity index (χ4n) is 2.16. The first-order chi connectivity index (χ1) is 12.2. The molecule has 0 fully saturated rings. The van der Waals surface area contributed by atoms with Crippen molar-refractivity contribution in [2.75, 3.05) is 20.3 Å². The molecule has 0 unspecified atom stereocenters. The van der Waals surface area contributed by atoms with Crippen LogP contribution in [-0.2, 0) is 0 Å². The first-order valence-corrected chi connectivity index (χ1v) is 7.87. The van der Waals surface area contributed by atoms with Crippen molar-refractivity contribution in [1.29, 1.82) is 0 Å². The van der Waals surface area contributed by atoms with Crippen molar-refractivity contribution >= 4 is 11.9 Å². The molecule has 0 spiro atoms. The van der Waals surface area contributed by atoms with Crippen LogP contribution in [-0.4, -0.2) is 26.1 Å². The molecule has 0 aromatic heterocycles. The molecule has 0 bridgehead atoms. The van der Waals surface area contributed by atoms with Gasteiger partial charge in [0.1, 0.15) is 12.4 Å². The SMILES string of the molecule is C#CCOc1ccc(/C=C/C(=O)c2ccc(OC)cc2)cc1OCC. The summed E-state index contributed by atoms with van der Waals surface area (Å²) in [5.41, 5.74) is 1.43. The normalized spacial score (nSPS) is 10.3. The maximum absolute atomic E-state index is 12.2. The predicted octanol–water partition coefficient (Wildman–Crippen LogP) is 4.00. The molecule has 128 valence electrons. The number of methoxy groups -OCH3 is 1. The topological polar surface area (TPSA) is 44.8 Å². The van der Waals surface area contributed by atoms with Crippen LogP contribution in [0.4, 0.5) is 0 Å². The molecule has 0 saturated carbocycles. The number of terminal acetylenes is 1. The summed E-state index contributed by atoms with van der Waals surface area (Å²) >= 11 is 0. The number of rotatable bonds is 8. The highest BCUT2D eigenvalue weighted by molar-refractivity contribution is 6.06. The van der Waals surface area contributed by atoms with E-state index in [0.717, 1.165) is 5.56 Å². The number of hydrogen-bond donors (Lipinski definition) is 0. The van der Waals surface area contributed by atoms with Gasteiger partial charge in [0.15, 0.2) is 17.3 Å². The highest BCUT2D eigenvalue weighted by atomic mass is 16.5. The van der Waals surface area contributed by atoms with Crippen LogP contribution < -0.4 is 14.2 Å². The monoisotopic (exact) mass is 336 g/mol. The second-order valence-corrected chi connectivity index (χ2v) is 5.06. The van der Waals surface area contributed by atoms with Gasteiger partial charge in [-0.3, -0.25) is 4.79 Å². The molecule has 0 aliphatic heterocycles. The van der Waals surface area contributed by atoms with Crippen molar-refractivity contribution < 1.29 is 19.0 Å². The number of benzene rings is 2. The Bertz CT molecular complexity index is 783. The van der Waals surface area contributed by atoms with Crippen LogP contribution in [0.25, 0.3) is 6.08 Å². The number of ether oxygens (including phenoxy) is 3. The fraction of sp³-hybridized carbons (Fsp3) is 0.190. The highest BCUT2D eigenvalue weighted by Crippen LogP contribution is 2.29. The quantitative estimate of drug-likeness (QED) is 0.415. The summed E-state index contributed by atoms with van der Waals surface area (Å²) < 4.78 is 16.1. The molecule has 2 rings (SSSR count). The molecule has 4 heteroatoms. The van der Waals surface area contributed by atoms with Crippen LogP contribution in [0.15, 0.2) is 48.5 Å². The average molecular weight is 336 g/mol. The van der Waals surface area contributed by atoms with E-state index in [1.165, 1.54) is 6.08 Å². The third-order valence-electron chi connectivity index (χ3n) is 3.38. The standard InChI is InChI=1S/C21H20O4/c1-4-14-25-20-13-7-16(15-21(20)24-5-2)6-12-19(22)17-8-10-18(23-3)11-9-17/h1,6-13,15H,5,14H2,2-3H3/b12-6+. The molecule has 0 amide bonds. The second kappa shape index (κ2) is 9.19. The molecule has 0 aliphatic rings. The number of allylic oxidation sites excluding steroid dienone is 1. The van der Waals surface area contributed by atoms with E-state index in [1.807, 2.05) is 19.1 Å². The molecule has 0 heterocycles. The highest BCUT2D eigenvalue weighted by Gasteiger charge is 2.06. The van der Waals surface area contributed by atoms with Crippen LogP contribution in [0.2, 0.25) is 0 Å². The Morgan fingerprint density at radius 2 is 1.88 bits per heavy atom. The van der Waals surface area contributed by atoms with E-state index in [0.29, 0.717) is 29.4 Å². The van der Waals surface area contributed by atoms with Crippen molar-refractivity contribution in [2.24, 2.45) is 0 Å². The van der Waals surface area contributed by atoms with Crippen LogP contribution in [0.1, 0.15) is 22.8 Å². The molecular weight excluding hydrogens is 316 g/mol. The Morgan fingerprint density at radius 1 is 1.12 bits per heavy atom. The van der Waals surface area contributed by atoms with Crippen molar-refractivity contribution in [3.05, 3.63) is 59.7 Å². The number of hydrogen-bond acceptors (Lipinski definition) is 4. The van der Waals surface area contributed by atoms with Gasteiger partial charge < -0.3 is 14.2 Å². The molecule has 0 aliphatic carbocycles. The van der Waals surface area contributed by atoms with Crippen LogP contribution in [0.3, 0.4) is 0 Å². The minimum absolute atomic E-state index is 0.0896. The van der Waals surface area contributed by atoms with Crippen molar-refractivity contribution in [2.45, 2.75) is 6.92 Å². The molecule has 4 nitrogen and oxygen atoms in total. The minimum atomic E-state index is -0.0896. The minimum Gasteiger partial charge on any atom is -0.497 e. The van der Waals surface area contributed by atoms with Crippen molar-refractivity contribution in [1.82, 2.24) is 0 Å². The van der Waals surface area contributed by atoms with E-state index < -0.39 is 0 Å². The number of carbonyl (C=O) groups excluding carboxylic acids is 1. The van der Waals surface area contributed by atoms with Crippen LogP contribution in [0, 0.1) is 12.3 Å². The van der Waals surface area contributed by atoms with E-state index in [9.17, 15) is 4.79 Å². The zero-order chi connectivity index (χ0) is 18.1. The third-order valence-corrected chi connectivity index (χ3v) is 3.38. The summed E-state index contributed by atoms with van der Waals surface area (Å²) in [6, 6.07) is 12.4. The number of ketones is 1. The zero-order valence-corrected chi connectivity index (χ0v) is 14.3. The predicted molar refractivity (Wildman–Crippen MR) is 98.3 cm³/mol. The van der Waals surface area contributed by atoms with Gasteiger partial charge in [0, 0.05) is 5.56 Å². The Kier molecular flexibility index (Phi) is 6.67. The molecular formula is C21H20O4. The maximum Gasteiger partial charge on any atom is 0.185 e. The van der Waals surface area contributed by atoms with Gasteiger partial charge in [-0.25, -0.2) is 0 Å². The first kappa shape index (κ1) is 18.2. The van der Waals surface area contributed by atoms with Gasteiger partial charge in [-0.1, -0.05) is 18.1 Å². The second-order valence-electron chi connectivity index (χ2n) is 5.06. The van der Waals surface area contributed by atoms with Crippen LogP contribution >= 0.6 is 0 Å². The molecule has 2 aromatic carbocycles. The zero-order valence-electron chi connectivity index (χ0n) is 14.3. The summed E-state index contributed by atoms with van der Waals surface area (Å²) in [4.78, 5) is 12.2. The van der Waals surface area contributed by atoms with Crippen LogP contribution in [0.5, 0.6) is 17.2 Å². The largest absolute Gasteiger partial charge is 0.497 e. The van der Waals surface area contributed by atoms with E-state index in [-0.39, 0.29) is 12.4 Å². The van der Waals surface area contributed by atoms with Gasteiger partial charge >= 0.3 is 0 Å². The number of carbonyl (C=O) groups is 1. The summed E-state index contributed by atoms with van der Waals surface area (Å²) in [6.07, 6.45) is 8.47. The molecule has 25 heavy (non-hydrogen) atoms. The van der Waals surface area contributed by atoms with E-state index in [4.69, 9.17) is 20.6 Å². The van der Waals surface area contributed by atoms with E-state index >= 15 is 0 Å². The Labute approximate surface area is 148 Å². The summed E-state index contributed by atoms with van der Waals surface area (Å²) in [7, 11) is 1.59. The maximum atomic E-state index is 12.2. The Hall–Kier alpha value is -3.19. The first-order valence-electron chi connectivity index (χ1n) is 7.87. The molecule has 0 atom stereocenters. The van der Waals surface area contributed by atoms with Gasteiger partial charge in [0.2, 0.25) is 0 Å². The lowest BCUT2D eigenvalue weighted by molar-refractivity contribution is 0.104. The average Bonchev–Trinajstić information content (AvgIpc) is 2.65. The molecule has 0 saturated heterocycles. The van der Waals surface area contributed by atoms with Gasteiger partial charge in [0.05, 0.1) is 13.7 Å². The lowest BCUT2D eigenvalue weighted by Crippen LogP contribution is -1.99. The summed E-state index contributed by atoms with van der Waals surface area (Å²) in [5, 5.41) is 0. The smallest absolute Gasteiger partial charge is 0.185 e. The molecule has 2 aromatic rings. The van der Waals surface area contributed by atoms with Crippen molar-refractivity contribution in [3.63, 3.8) is 0 Å². The van der Waals surface area contributed by atoms with Gasteiger partial charge in [-0.05, 0) is 55.0 Å². The Morgan fingerprint density at radius 3 is 2.52 bits per heavy atom. The van der Waals surface area contributed by atoms with Gasteiger partial charge in [-0.15, -0.1) is 6.42 Å². The van der Waals surface area contributed by atoms with Gasteiger partial charge in [0.25, 0.3) is 0 Å². The Balaban J connectivity index is 2.14. The lowest BCUT2D eigenvalue weighted by atomic mass is 10.1. The lowest BCUT2D eigenvalue weighted by Gasteiger charge is -2.10. The van der Waals surface area contributed by atoms with Crippen molar-refractivity contribution in [3.8, 4) is 29.6 Å². The van der Waals surface area contributed by atoms with E-state index in [2.05, 4.69) is 5.92 Å². The fourth-order valence-corrected chi connectivity index (χ4v) is 2.16.